The number of fused-ring (bicyclic) bond motifs is 1. The molecule has 0 spiro atoms. The number of hydrogen-bond donors (Lipinski definition) is 2. The summed E-state index contributed by atoms with van der Waals surface area (Å²) < 4.78 is 45.5. The smallest absolute Gasteiger partial charge is 0.416 e. The normalized spacial score (nSPS) is 16.3. The van der Waals surface area contributed by atoms with E-state index in [9.17, 15) is 32.7 Å². The number of anilines is 2. The van der Waals surface area contributed by atoms with Gasteiger partial charge in [0.05, 0.1) is 40.3 Å². The van der Waals surface area contributed by atoms with Crippen LogP contribution in [0.15, 0.2) is 66.7 Å². The molecule has 3 aromatic rings. The molecule has 1 saturated heterocycles. The summed E-state index contributed by atoms with van der Waals surface area (Å²) in [6, 6.07) is 15.8. The van der Waals surface area contributed by atoms with Crippen molar-refractivity contribution in [3.63, 3.8) is 0 Å². The van der Waals surface area contributed by atoms with E-state index in [0.29, 0.717) is 24.5 Å². The van der Waals surface area contributed by atoms with Crippen molar-refractivity contribution in [1.82, 2.24) is 10.2 Å². The van der Waals surface area contributed by atoms with E-state index in [1.165, 1.54) is 24.3 Å². The second-order valence-electron chi connectivity index (χ2n) is 11.0. The van der Waals surface area contributed by atoms with Gasteiger partial charge in [0.2, 0.25) is 0 Å². The molecule has 1 fully saturated rings. The summed E-state index contributed by atoms with van der Waals surface area (Å²) in [7, 11) is 0. The van der Waals surface area contributed by atoms with Gasteiger partial charge in [0.25, 0.3) is 17.7 Å². The number of halogens is 3. The molecular formula is C32H33F3N4O5. The predicted molar refractivity (Wildman–Crippen MR) is 158 cm³/mol. The van der Waals surface area contributed by atoms with Gasteiger partial charge < -0.3 is 20.1 Å². The highest BCUT2D eigenvalue weighted by Gasteiger charge is 2.39. The minimum Gasteiger partial charge on any atom is -0.489 e. The number of nitrogens with zero attached hydrogens (tertiary/aromatic N) is 3. The molecule has 5 rings (SSSR count). The average molecular weight is 611 g/mol. The van der Waals surface area contributed by atoms with Crippen LogP contribution < -0.4 is 19.9 Å². The maximum Gasteiger partial charge on any atom is 0.416 e. The molecule has 2 aliphatic rings. The zero-order chi connectivity index (χ0) is 31.6. The molecule has 2 heterocycles. The monoisotopic (exact) mass is 610 g/mol. The Hall–Kier alpha value is -4.42. The molecule has 1 atom stereocenters. The van der Waals surface area contributed by atoms with Crippen LogP contribution in [-0.2, 0) is 6.18 Å². The lowest BCUT2D eigenvalue weighted by Gasteiger charge is -2.37. The van der Waals surface area contributed by atoms with E-state index >= 15 is 0 Å². The molecule has 232 valence electrons. The number of nitrogens with one attached hydrogen (secondary N) is 1. The lowest BCUT2D eigenvalue weighted by Crippen LogP contribution is -2.50. The molecule has 12 heteroatoms. The first kappa shape index (κ1) is 31.0. The van der Waals surface area contributed by atoms with E-state index in [2.05, 4.69) is 15.1 Å². The number of benzene rings is 3. The van der Waals surface area contributed by atoms with Crippen molar-refractivity contribution in [2.75, 3.05) is 49.1 Å². The molecular weight excluding hydrogens is 577 g/mol. The van der Waals surface area contributed by atoms with Crippen LogP contribution in [-0.4, -0.2) is 79.2 Å². The van der Waals surface area contributed by atoms with Gasteiger partial charge in [-0.3, -0.25) is 19.3 Å². The quantitative estimate of drug-likeness (QED) is 0.350. The van der Waals surface area contributed by atoms with Gasteiger partial charge in [-0.25, -0.2) is 4.90 Å². The summed E-state index contributed by atoms with van der Waals surface area (Å²) in [4.78, 5) is 43.8. The van der Waals surface area contributed by atoms with Crippen molar-refractivity contribution in [1.29, 1.82) is 0 Å². The number of aliphatic hydroxyl groups excluding tert-OH is 1. The molecule has 0 radical (unpaired) electrons. The van der Waals surface area contributed by atoms with Crippen LogP contribution in [0.4, 0.5) is 24.5 Å². The van der Waals surface area contributed by atoms with Crippen LogP contribution in [0.25, 0.3) is 0 Å². The van der Waals surface area contributed by atoms with Gasteiger partial charge in [0.15, 0.2) is 0 Å². The molecule has 0 bridgehead atoms. The first-order chi connectivity index (χ1) is 20.9. The number of rotatable bonds is 9. The minimum absolute atomic E-state index is 0.0125. The minimum atomic E-state index is -4.65. The highest BCUT2D eigenvalue weighted by Crippen LogP contribution is 2.35. The molecule has 3 amide bonds. The van der Waals surface area contributed by atoms with Gasteiger partial charge in [0.1, 0.15) is 5.75 Å². The van der Waals surface area contributed by atoms with Gasteiger partial charge in [-0.1, -0.05) is 18.2 Å². The molecule has 9 nitrogen and oxygen atoms in total. The Kier molecular flexibility index (Phi) is 8.93. The number of carbonyl (C=O) groups excluding carboxylic acids is 3. The van der Waals surface area contributed by atoms with Crippen molar-refractivity contribution < 1.29 is 37.4 Å². The summed E-state index contributed by atoms with van der Waals surface area (Å²) in [5, 5.41) is 13.3. The van der Waals surface area contributed by atoms with Crippen molar-refractivity contribution in [3.05, 3.63) is 89.0 Å². The third kappa shape index (κ3) is 6.71. The molecule has 1 unspecified atom stereocenters. The highest BCUT2D eigenvalue weighted by molar-refractivity contribution is 6.34. The zero-order valence-corrected chi connectivity index (χ0v) is 24.3. The van der Waals surface area contributed by atoms with Gasteiger partial charge >= 0.3 is 6.18 Å². The van der Waals surface area contributed by atoms with Crippen molar-refractivity contribution in [2.45, 2.75) is 32.2 Å². The van der Waals surface area contributed by atoms with Gasteiger partial charge in [-0.15, -0.1) is 0 Å². The number of aliphatic hydroxyl groups is 1. The van der Waals surface area contributed by atoms with E-state index in [4.69, 9.17) is 4.74 Å². The maximum atomic E-state index is 13.2. The largest absolute Gasteiger partial charge is 0.489 e. The van der Waals surface area contributed by atoms with E-state index < -0.39 is 35.6 Å². The number of piperazine rings is 1. The predicted octanol–water partition coefficient (Wildman–Crippen LogP) is 4.21. The van der Waals surface area contributed by atoms with Crippen LogP contribution >= 0.6 is 0 Å². The van der Waals surface area contributed by atoms with Crippen LogP contribution in [0.1, 0.15) is 50.5 Å². The molecule has 3 aromatic carbocycles. The topological polar surface area (TPSA) is 102 Å². The van der Waals surface area contributed by atoms with E-state index in [1.54, 1.807) is 0 Å². The maximum absolute atomic E-state index is 13.2. The van der Waals surface area contributed by atoms with E-state index in [-0.39, 0.29) is 35.0 Å². The summed E-state index contributed by atoms with van der Waals surface area (Å²) in [6.45, 7) is 7.20. The fourth-order valence-electron chi connectivity index (χ4n) is 5.36. The number of amides is 3. The van der Waals surface area contributed by atoms with Crippen LogP contribution in [0, 0.1) is 0 Å². The fraction of sp³-hybridized carbons (Fsp3) is 0.344. The number of para-hydroxylation sites is 2. The van der Waals surface area contributed by atoms with Crippen molar-refractivity contribution in [2.24, 2.45) is 0 Å². The third-order valence-electron chi connectivity index (χ3n) is 7.49. The average Bonchev–Trinajstić information content (AvgIpc) is 3.24. The van der Waals surface area contributed by atoms with E-state index in [1.807, 2.05) is 38.1 Å². The molecule has 0 aromatic heterocycles. The second-order valence-corrected chi connectivity index (χ2v) is 11.0. The fourth-order valence-corrected chi connectivity index (χ4v) is 5.36. The summed E-state index contributed by atoms with van der Waals surface area (Å²) >= 11 is 0. The number of hydrogen-bond acceptors (Lipinski definition) is 7. The zero-order valence-electron chi connectivity index (χ0n) is 24.3. The van der Waals surface area contributed by atoms with Gasteiger partial charge in [0, 0.05) is 44.8 Å². The lowest BCUT2D eigenvalue weighted by atomic mass is 10.1. The lowest BCUT2D eigenvalue weighted by molar-refractivity contribution is -0.137. The van der Waals surface area contributed by atoms with Gasteiger partial charge in [-0.2, -0.15) is 13.2 Å². The Bertz CT molecular complexity index is 1550. The number of alkyl halides is 3. The molecule has 2 N–H and O–H groups in total. The van der Waals surface area contributed by atoms with Gasteiger partial charge in [-0.05, 0) is 62.4 Å². The standard InChI is InChI=1S/C32H33F3N4O5/c1-20(2)44-28-9-4-3-8-27(28)38-14-12-37(13-15-38)19-24(40)18-36-29(41)21-10-11-25-26(16-21)31(43)39(30(25)42)23-7-5-6-22(17-23)32(33,34)35/h3-11,16-17,20,24,40H,12-15,18-19H2,1-2H3,(H,36,41). The van der Waals surface area contributed by atoms with Crippen molar-refractivity contribution >= 4 is 29.1 Å². The number of imide groups is 1. The van der Waals surface area contributed by atoms with E-state index in [0.717, 1.165) is 42.7 Å². The number of carbonyl (C=O) groups is 3. The summed E-state index contributed by atoms with van der Waals surface area (Å²) in [6.07, 6.45) is -5.44. The van der Waals surface area contributed by atoms with Crippen molar-refractivity contribution in [3.8, 4) is 5.75 Å². The summed E-state index contributed by atoms with van der Waals surface area (Å²) in [5.41, 5.74) is -0.192. The molecule has 0 saturated carbocycles. The van der Waals surface area contributed by atoms with Crippen LogP contribution in [0.3, 0.4) is 0 Å². The Morgan fingerprint density at radius 1 is 0.932 bits per heavy atom. The summed E-state index contributed by atoms with van der Waals surface area (Å²) in [5.74, 6) is -1.32. The molecule has 0 aliphatic carbocycles. The van der Waals surface area contributed by atoms with Crippen LogP contribution in [0.2, 0.25) is 0 Å². The van der Waals surface area contributed by atoms with Crippen LogP contribution in [0.5, 0.6) is 5.75 Å². The number of ether oxygens (including phenoxy) is 1. The molecule has 44 heavy (non-hydrogen) atoms. The SMILES string of the molecule is CC(C)Oc1ccccc1N1CCN(CC(O)CNC(=O)c2ccc3c(c2)C(=O)N(c2cccc(C(F)(F)F)c2)C3=O)CC1. The Balaban J connectivity index is 1.15. The first-order valence-corrected chi connectivity index (χ1v) is 14.3. The second kappa shape index (κ2) is 12.7. The highest BCUT2D eigenvalue weighted by atomic mass is 19.4. The Morgan fingerprint density at radius 2 is 1.64 bits per heavy atom. The third-order valence-corrected chi connectivity index (χ3v) is 7.49. The first-order valence-electron chi connectivity index (χ1n) is 14.3. The Labute approximate surface area is 252 Å². The molecule has 2 aliphatic heterocycles. The number of β-amino-alcohol motifs (C(OH)–C–C–N with tert-alkyl or cyclic N) is 1. The Morgan fingerprint density at radius 3 is 2.34 bits per heavy atom.